The van der Waals surface area contributed by atoms with Crippen molar-refractivity contribution in [3.8, 4) is 0 Å². The van der Waals surface area contributed by atoms with E-state index < -0.39 is 0 Å². The lowest BCUT2D eigenvalue weighted by molar-refractivity contribution is 0.0852. The van der Waals surface area contributed by atoms with E-state index >= 15 is 0 Å². The van der Waals surface area contributed by atoms with Crippen LogP contribution in [0.5, 0.6) is 0 Å². The molecule has 1 aliphatic carbocycles. The summed E-state index contributed by atoms with van der Waals surface area (Å²) < 4.78 is 0. The molecule has 0 saturated heterocycles. The van der Waals surface area contributed by atoms with Gasteiger partial charge in [0.15, 0.2) is 0 Å². The highest BCUT2D eigenvalue weighted by Gasteiger charge is 2.26. The standard InChI is InChI=1S/C9H19NO/c1-3-7-4-5-8(11)6-9(7)10-2/h7-11H,3-6H2,1-2H3. The van der Waals surface area contributed by atoms with Gasteiger partial charge in [0, 0.05) is 6.04 Å². The molecule has 0 aliphatic heterocycles. The van der Waals surface area contributed by atoms with Crippen LogP contribution in [-0.2, 0) is 0 Å². The van der Waals surface area contributed by atoms with Gasteiger partial charge in [-0.25, -0.2) is 0 Å². The summed E-state index contributed by atoms with van der Waals surface area (Å²) in [6.45, 7) is 2.23. The van der Waals surface area contributed by atoms with Gasteiger partial charge >= 0.3 is 0 Å². The highest BCUT2D eigenvalue weighted by Crippen LogP contribution is 2.26. The number of aliphatic hydroxyl groups is 1. The van der Waals surface area contributed by atoms with Crippen LogP contribution in [-0.4, -0.2) is 24.3 Å². The van der Waals surface area contributed by atoms with Gasteiger partial charge in [0.05, 0.1) is 6.10 Å². The van der Waals surface area contributed by atoms with E-state index in [0.29, 0.717) is 6.04 Å². The molecule has 1 aliphatic rings. The van der Waals surface area contributed by atoms with Crippen molar-refractivity contribution in [3.05, 3.63) is 0 Å². The van der Waals surface area contributed by atoms with E-state index in [9.17, 15) is 5.11 Å². The molecule has 3 unspecified atom stereocenters. The Morgan fingerprint density at radius 2 is 2.18 bits per heavy atom. The number of hydrogen-bond acceptors (Lipinski definition) is 2. The van der Waals surface area contributed by atoms with Gasteiger partial charge in [0.1, 0.15) is 0 Å². The molecule has 1 saturated carbocycles. The summed E-state index contributed by atoms with van der Waals surface area (Å²) in [4.78, 5) is 0. The number of hydrogen-bond donors (Lipinski definition) is 2. The van der Waals surface area contributed by atoms with Gasteiger partial charge in [0.25, 0.3) is 0 Å². The van der Waals surface area contributed by atoms with Gasteiger partial charge in [-0.2, -0.15) is 0 Å². The summed E-state index contributed by atoms with van der Waals surface area (Å²) in [5, 5.41) is 12.7. The summed E-state index contributed by atoms with van der Waals surface area (Å²) in [5.41, 5.74) is 0. The summed E-state index contributed by atoms with van der Waals surface area (Å²) >= 11 is 0. The molecule has 0 radical (unpaired) electrons. The van der Waals surface area contributed by atoms with Crippen LogP contribution in [0.2, 0.25) is 0 Å². The van der Waals surface area contributed by atoms with E-state index in [0.717, 1.165) is 18.8 Å². The average Bonchev–Trinajstić information content (AvgIpc) is 2.04. The summed E-state index contributed by atoms with van der Waals surface area (Å²) in [6.07, 6.45) is 4.29. The topological polar surface area (TPSA) is 32.3 Å². The zero-order chi connectivity index (χ0) is 8.27. The molecule has 1 fully saturated rings. The maximum absolute atomic E-state index is 9.38. The maximum atomic E-state index is 9.38. The van der Waals surface area contributed by atoms with Gasteiger partial charge < -0.3 is 10.4 Å². The fraction of sp³-hybridized carbons (Fsp3) is 1.00. The van der Waals surface area contributed by atoms with Crippen LogP contribution in [0.15, 0.2) is 0 Å². The van der Waals surface area contributed by atoms with Gasteiger partial charge in [0.2, 0.25) is 0 Å². The van der Waals surface area contributed by atoms with Crippen molar-refractivity contribution < 1.29 is 5.11 Å². The van der Waals surface area contributed by atoms with Crippen LogP contribution < -0.4 is 5.32 Å². The van der Waals surface area contributed by atoms with Gasteiger partial charge in [-0.1, -0.05) is 13.3 Å². The van der Waals surface area contributed by atoms with Gasteiger partial charge in [-0.05, 0) is 32.2 Å². The minimum absolute atomic E-state index is 0.0600. The molecule has 2 nitrogen and oxygen atoms in total. The molecular formula is C9H19NO. The monoisotopic (exact) mass is 157 g/mol. The van der Waals surface area contributed by atoms with Crippen molar-refractivity contribution >= 4 is 0 Å². The Hall–Kier alpha value is -0.0800. The Kier molecular flexibility index (Phi) is 3.34. The Balaban J connectivity index is 2.41. The van der Waals surface area contributed by atoms with Crippen molar-refractivity contribution in [3.63, 3.8) is 0 Å². The molecule has 2 heteroatoms. The molecule has 0 aromatic heterocycles. The van der Waals surface area contributed by atoms with Crippen LogP contribution in [0.1, 0.15) is 32.6 Å². The van der Waals surface area contributed by atoms with E-state index in [-0.39, 0.29) is 6.10 Å². The first-order valence-electron chi connectivity index (χ1n) is 4.63. The predicted octanol–water partition coefficient (Wildman–Crippen LogP) is 1.15. The lowest BCUT2D eigenvalue weighted by atomic mass is 9.81. The third-order valence-electron chi connectivity index (χ3n) is 2.86. The predicted molar refractivity (Wildman–Crippen MR) is 46.5 cm³/mol. The zero-order valence-electron chi connectivity index (χ0n) is 7.51. The molecular weight excluding hydrogens is 138 g/mol. The fourth-order valence-electron chi connectivity index (χ4n) is 2.05. The van der Waals surface area contributed by atoms with Crippen molar-refractivity contribution in [1.29, 1.82) is 0 Å². The van der Waals surface area contributed by atoms with E-state index in [4.69, 9.17) is 0 Å². The Morgan fingerprint density at radius 3 is 2.73 bits per heavy atom. The number of rotatable bonds is 2. The highest BCUT2D eigenvalue weighted by atomic mass is 16.3. The Bertz CT molecular complexity index is 116. The fourth-order valence-corrected chi connectivity index (χ4v) is 2.05. The van der Waals surface area contributed by atoms with E-state index in [2.05, 4.69) is 12.2 Å². The number of aliphatic hydroxyl groups excluding tert-OH is 1. The molecule has 0 spiro atoms. The molecule has 1 rings (SSSR count). The van der Waals surface area contributed by atoms with E-state index in [1.54, 1.807) is 0 Å². The molecule has 3 atom stereocenters. The normalized spacial score (nSPS) is 39.0. The summed E-state index contributed by atoms with van der Waals surface area (Å²) in [7, 11) is 1.99. The minimum Gasteiger partial charge on any atom is -0.393 e. The highest BCUT2D eigenvalue weighted by molar-refractivity contribution is 4.82. The zero-order valence-corrected chi connectivity index (χ0v) is 7.51. The molecule has 0 bridgehead atoms. The number of nitrogens with one attached hydrogen (secondary N) is 1. The van der Waals surface area contributed by atoms with Crippen LogP contribution in [0.3, 0.4) is 0 Å². The quantitative estimate of drug-likeness (QED) is 0.630. The van der Waals surface area contributed by atoms with Crippen molar-refractivity contribution in [2.75, 3.05) is 7.05 Å². The molecule has 66 valence electrons. The molecule has 0 amide bonds. The lowest BCUT2D eigenvalue weighted by Crippen LogP contribution is -2.40. The molecule has 11 heavy (non-hydrogen) atoms. The summed E-state index contributed by atoms with van der Waals surface area (Å²) in [6, 6.07) is 0.545. The maximum Gasteiger partial charge on any atom is 0.0555 e. The molecule has 2 N–H and O–H groups in total. The SMILES string of the molecule is CCC1CCC(O)CC1NC. The Morgan fingerprint density at radius 1 is 1.45 bits per heavy atom. The second-order valence-corrected chi connectivity index (χ2v) is 3.53. The third-order valence-corrected chi connectivity index (χ3v) is 2.86. The molecule has 0 aromatic rings. The van der Waals surface area contributed by atoms with Gasteiger partial charge in [-0.15, -0.1) is 0 Å². The lowest BCUT2D eigenvalue weighted by Gasteiger charge is -2.33. The van der Waals surface area contributed by atoms with Crippen molar-refractivity contribution in [2.24, 2.45) is 5.92 Å². The summed E-state index contributed by atoms with van der Waals surface area (Å²) in [5.74, 6) is 0.781. The molecule has 0 heterocycles. The van der Waals surface area contributed by atoms with Crippen molar-refractivity contribution in [2.45, 2.75) is 44.8 Å². The second kappa shape index (κ2) is 4.07. The van der Waals surface area contributed by atoms with Crippen LogP contribution in [0, 0.1) is 5.92 Å². The first-order chi connectivity index (χ1) is 5.27. The van der Waals surface area contributed by atoms with Crippen molar-refractivity contribution in [1.82, 2.24) is 5.32 Å². The first-order valence-corrected chi connectivity index (χ1v) is 4.63. The smallest absolute Gasteiger partial charge is 0.0555 e. The van der Waals surface area contributed by atoms with Crippen LogP contribution in [0.4, 0.5) is 0 Å². The van der Waals surface area contributed by atoms with E-state index in [1.165, 1.54) is 12.8 Å². The van der Waals surface area contributed by atoms with Gasteiger partial charge in [-0.3, -0.25) is 0 Å². The second-order valence-electron chi connectivity index (χ2n) is 3.53. The van der Waals surface area contributed by atoms with Crippen LogP contribution in [0.25, 0.3) is 0 Å². The Labute approximate surface area is 69.0 Å². The van der Waals surface area contributed by atoms with Crippen LogP contribution >= 0.6 is 0 Å². The average molecular weight is 157 g/mol. The third kappa shape index (κ3) is 2.17. The minimum atomic E-state index is -0.0600. The first kappa shape index (κ1) is 9.01. The largest absolute Gasteiger partial charge is 0.393 e. The molecule has 0 aromatic carbocycles. The van der Waals surface area contributed by atoms with E-state index in [1.807, 2.05) is 7.05 Å².